The number of hydrogen-bond donors (Lipinski definition) is 2. The normalized spacial score (nSPS) is 15.6. The van der Waals surface area contributed by atoms with Gasteiger partial charge in [-0.15, -0.1) is 0 Å². The summed E-state index contributed by atoms with van der Waals surface area (Å²) in [7, 11) is 0. The minimum absolute atomic E-state index is 0.354. The Hall–Kier alpha value is -1.11. The predicted octanol–water partition coefficient (Wildman–Crippen LogP) is 2.21. The van der Waals surface area contributed by atoms with Crippen LogP contribution in [0.5, 0.6) is 0 Å². The molecule has 0 radical (unpaired) electrons. The second kappa shape index (κ2) is 3.23. The maximum atomic E-state index is 12.6. The Bertz CT molecular complexity index is 290. The molecule has 0 saturated heterocycles. The Labute approximate surface area is 75.9 Å². The SMILES string of the molecule is N[C@H](c1ccc[nH]1)C(F)(F)C(F)(F)F. The smallest absolute Gasteiger partial charge is 0.364 e. The summed E-state index contributed by atoms with van der Waals surface area (Å²) in [6, 6.07) is -0.0381. The van der Waals surface area contributed by atoms with Crippen molar-refractivity contribution in [2.75, 3.05) is 0 Å². The van der Waals surface area contributed by atoms with E-state index < -0.39 is 18.1 Å². The van der Waals surface area contributed by atoms with Gasteiger partial charge in [0.15, 0.2) is 0 Å². The van der Waals surface area contributed by atoms with E-state index >= 15 is 0 Å². The van der Waals surface area contributed by atoms with Crippen molar-refractivity contribution < 1.29 is 22.0 Å². The van der Waals surface area contributed by atoms with E-state index in [9.17, 15) is 22.0 Å². The molecule has 1 aromatic rings. The summed E-state index contributed by atoms with van der Waals surface area (Å²) in [5.74, 6) is -4.93. The van der Waals surface area contributed by atoms with Gasteiger partial charge >= 0.3 is 12.1 Å². The minimum Gasteiger partial charge on any atom is -0.364 e. The number of halogens is 5. The fraction of sp³-hybridized carbons (Fsp3) is 0.429. The second-order valence-electron chi connectivity index (χ2n) is 2.72. The molecule has 14 heavy (non-hydrogen) atoms. The van der Waals surface area contributed by atoms with E-state index in [0.717, 1.165) is 6.07 Å². The van der Waals surface area contributed by atoms with E-state index in [1.807, 2.05) is 0 Å². The Morgan fingerprint density at radius 2 is 1.79 bits per heavy atom. The van der Waals surface area contributed by atoms with Gasteiger partial charge in [0, 0.05) is 11.9 Å². The van der Waals surface area contributed by atoms with Gasteiger partial charge < -0.3 is 10.7 Å². The van der Waals surface area contributed by atoms with Crippen LogP contribution in [0.3, 0.4) is 0 Å². The van der Waals surface area contributed by atoms with Crippen molar-refractivity contribution in [3.05, 3.63) is 24.0 Å². The van der Waals surface area contributed by atoms with Crippen LogP contribution in [0, 0.1) is 0 Å². The number of aromatic nitrogens is 1. The number of H-pyrrole nitrogens is 1. The van der Waals surface area contributed by atoms with Crippen LogP contribution in [0.2, 0.25) is 0 Å². The van der Waals surface area contributed by atoms with E-state index in [4.69, 9.17) is 5.73 Å². The summed E-state index contributed by atoms with van der Waals surface area (Å²) in [5.41, 5.74) is 4.45. The average Bonchev–Trinajstić information content (AvgIpc) is 2.52. The molecule has 0 unspecified atom stereocenters. The Kier molecular flexibility index (Phi) is 2.53. The predicted molar refractivity (Wildman–Crippen MR) is 38.7 cm³/mol. The van der Waals surface area contributed by atoms with Gasteiger partial charge in [0.05, 0.1) is 0 Å². The van der Waals surface area contributed by atoms with Gasteiger partial charge in [-0.1, -0.05) is 0 Å². The molecule has 2 nitrogen and oxygen atoms in total. The summed E-state index contributed by atoms with van der Waals surface area (Å²) >= 11 is 0. The highest BCUT2D eigenvalue weighted by Crippen LogP contribution is 2.42. The number of nitrogens with two attached hydrogens (primary N) is 1. The van der Waals surface area contributed by atoms with Crippen molar-refractivity contribution in [2.45, 2.75) is 18.1 Å². The first-order valence-electron chi connectivity index (χ1n) is 3.60. The molecule has 0 amide bonds. The molecular weight excluding hydrogens is 207 g/mol. The van der Waals surface area contributed by atoms with Crippen LogP contribution in [0.15, 0.2) is 18.3 Å². The van der Waals surface area contributed by atoms with E-state index in [-0.39, 0.29) is 5.69 Å². The van der Waals surface area contributed by atoms with E-state index in [2.05, 4.69) is 4.98 Å². The van der Waals surface area contributed by atoms with Crippen LogP contribution in [-0.4, -0.2) is 17.1 Å². The van der Waals surface area contributed by atoms with Crippen molar-refractivity contribution in [1.29, 1.82) is 0 Å². The van der Waals surface area contributed by atoms with Crippen LogP contribution in [0.4, 0.5) is 22.0 Å². The highest BCUT2D eigenvalue weighted by Gasteiger charge is 2.62. The molecule has 0 saturated carbocycles. The first-order valence-corrected chi connectivity index (χ1v) is 3.60. The first kappa shape index (κ1) is 11.0. The third kappa shape index (κ3) is 1.72. The summed E-state index contributed by atoms with van der Waals surface area (Å²) in [4.78, 5) is 2.21. The zero-order chi connectivity index (χ0) is 11.0. The number of aromatic amines is 1. The molecule has 0 aliphatic carbocycles. The molecule has 1 rings (SSSR count). The summed E-state index contributed by atoms with van der Waals surface area (Å²) in [5, 5.41) is 0. The lowest BCUT2D eigenvalue weighted by Gasteiger charge is -2.24. The molecule has 0 aliphatic rings. The molecular formula is C7H7F5N2. The van der Waals surface area contributed by atoms with Crippen molar-refractivity contribution in [1.82, 2.24) is 4.98 Å². The van der Waals surface area contributed by atoms with Gasteiger partial charge in [0.1, 0.15) is 6.04 Å². The second-order valence-corrected chi connectivity index (χ2v) is 2.72. The van der Waals surface area contributed by atoms with Gasteiger partial charge in [0.25, 0.3) is 0 Å². The van der Waals surface area contributed by atoms with E-state index in [0.29, 0.717) is 0 Å². The van der Waals surface area contributed by atoms with Crippen molar-refractivity contribution in [3.8, 4) is 0 Å². The van der Waals surface area contributed by atoms with E-state index in [1.165, 1.54) is 12.3 Å². The van der Waals surface area contributed by atoms with E-state index in [1.54, 1.807) is 0 Å². The quantitative estimate of drug-likeness (QED) is 0.728. The summed E-state index contributed by atoms with van der Waals surface area (Å²) in [6.45, 7) is 0. The number of hydrogen-bond acceptors (Lipinski definition) is 1. The molecule has 0 aliphatic heterocycles. The molecule has 0 fully saturated rings. The largest absolute Gasteiger partial charge is 0.455 e. The molecule has 1 atom stereocenters. The van der Waals surface area contributed by atoms with Crippen LogP contribution in [0.25, 0.3) is 0 Å². The molecule has 80 valence electrons. The maximum Gasteiger partial charge on any atom is 0.455 e. The van der Waals surface area contributed by atoms with Gasteiger partial charge in [-0.3, -0.25) is 0 Å². The van der Waals surface area contributed by atoms with Crippen molar-refractivity contribution in [3.63, 3.8) is 0 Å². The zero-order valence-electron chi connectivity index (χ0n) is 6.78. The van der Waals surface area contributed by atoms with Gasteiger partial charge in [0.2, 0.25) is 0 Å². The number of alkyl halides is 5. The third-order valence-electron chi connectivity index (χ3n) is 1.73. The topological polar surface area (TPSA) is 41.8 Å². The average molecular weight is 214 g/mol. The zero-order valence-corrected chi connectivity index (χ0v) is 6.78. The van der Waals surface area contributed by atoms with Gasteiger partial charge in [-0.2, -0.15) is 22.0 Å². The van der Waals surface area contributed by atoms with Gasteiger partial charge in [-0.25, -0.2) is 0 Å². The fourth-order valence-corrected chi connectivity index (χ4v) is 0.909. The van der Waals surface area contributed by atoms with Crippen molar-refractivity contribution in [2.24, 2.45) is 5.73 Å². The van der Waals surface area contributed by atoms with Crippen LogP contribution in [0.1, 0.15) is 11.7 Å². The summed E-state index contributed by atoms with van der Waals surface area (Å²) < 4.78 is 60.7. The minimum atomic E-state index is -5.64. The Morgan fingerprint density at radius 3 is 2.14 bits per heavy atom. The summed E-state index contributed by atoms with van der Waals surface area (Å²) in [6.07, 6.45) is -4.42. The maximum absolute atomic E-state index is 12.6. The lowest BCUT2D eigenvalue weighted by atomic mass is 10.1. The monoisotopic (exact) mass is 214 g/mol. The number of rotatable bonds is 2. The van der Waals surface area contributed by atoms with Crippen LogP contribution in [-0.2, 0) is 0 Å². The molecule has 7 heteroatoms. The lowest BCUT2D eigenvalue weighted by Crippen LogP contribution is -2.45. The Morgan fingerprint density at radius 1 is 1.21 bits per heavy atom. The Balaban J connectivity index is 2.94. The highest BCUT2D eigenvalue weighted by atomic mass is 19.4. The third-order valence-corrected chi connectivity index (χ3v) is 1.73. The highest BCUT2D eigenvalue weighted by molar-refractivity contribution is 5.12. The van der Waals surface area contributed by atoms with Crippen LogP contribution >= 0.6 is 0 Å². The van der Waals surface area contributed by atoms with Crippen LogP contribution < -0.4 is 5.73 Å². The van der Waals surface area contributed by atoms with Crippen molar-refractivity contribution >= 4 is 0 Å². The fourth-order valence-electron chi connectivity index (χ4n) is 0.909. The standard InChI is InChI=1S/C7H7F5N2/c8-6(9,7(10,11)12)5(13)4-2-1-3-14-4/h1-3,5,14H,13H2/t5-/m1/s1. The lowest BCUT2D eigenvalue weighted by molar-refractivity contribution is -0.291. The first-order chi connectivity index (χ1) is 6.27. The molecule has 0 bridgehead atoms. The number of nitrogens with one attached hydrogen (secondary N) is 1. The molecule has 1 heterocycles. The molecule has 1 aromatic heterocycles. The molecule has 0 spiro atoms. The molecule has 3 N–H and O–H groups in total. The van der Waals surface area contributed by atoms with Gasteiger partial charge in [-0.05, 0) is 12.1 Å². The molecule has 0 aromatic carbocycles.